The van der Waals surface area contributed by atoms with Crippen LogP contribution in [0.25, 0.3) is 22.0 Å². The molecule has 4 heteroatoms. The monoisotopic (exact) mass is 321 g/mol. The first-order chi connectivity index (χ1) is 11.2. The normalized spacial score (nSPS) is 11.7. The Bertz CT molecular complexity index is 940. The van der Waals surface area contributed by atoms with Gasteiger partial charge in [-0.3, -0.25) is 0 Å². The topological polar surface area (TPSA) is 29.6 Å². The van der Waals surface area contributed by atoms with Crippen molar-refractivity contribution in [1.29, 1.82) is 0 Å². The van der Waals surface area contributed by atoms with E-state index in [0.717, 1.165) is 16.2 Å². The molecule has 3 nitrogen and oxygen atoms in total. The Hall–Kier alpha value is -2.46. The molecule has 1 heterocycles. The van der Waals surface area contributed by atoms with Crippen molar-refractivity contribution in [2.24, 2.45) is 10.2 Å². The minimum atomic E-state index is 0.711. The summed E-state index contributed by atoms with van der Waals surface area (Å²) in [5.41, 5.74) is 3.26. The molecule has 0 spiro atoms. The maximum Gasteiger partial charge on any atom is 0.211 e. The van der Waals surface area contributed by atoms with Crippen LogP contribution in [0.4, 0.5) is 0 Å². The summed E-state index contributed by atoms with van der Waals surface area (Å²) in [6.07, 6.45) is 1.89. The second-order valence-corrected chi connectivity index (χ2v) is 6.35. The molecule has 0 bridgehead atoms. The summed E-state index contributed by atoms with van der Waals surface area (Å²) >= 11 is 1.60. The molecule has 0 saturated heterocycles. The molecule has 0 aliphatic carbocycles. The molecule has 0 unspecified atom stereocenters. The van der Waals surface area contributed by atoms with Gasteiger partial charge in [-0.2, -0.15) is 5.10 Å². The maximum absolute atomic E-state index is 4.35. The van der Waals surface area contributed by atoms with E-state index in [1.54, 1.807) is 11.3 Å². The van der Waals surface area contributed by atoms with E-state index in [-0.39, 0.29) is 0 Å². The lowest BCUT2D eigenvalue weighted by Crippen LogP contribution is -2.14. The first-order valence-corrected chi connectivity index (χ1v) is 8.40. The van der Waals surface area contributed by atoms with Gasteiger partial charge in [0.1, 0.15) is 0 Å². The van der Waals surface area contributed by atoms with Gasteiger partial charge in [-0.15, -0.1) is 23.0 Å². The predicted octanol–water partition coefficient (Wildman–Crippen LogP) is 4.85. The molecule has 2 aromatic carbocycles. The standard InChI is InChI=1S/C19H19N3S/c1-4-11-22-18(13-23-19(22)21-20-14(2)3)17-10-9-15-7-5-6-8-16(15)12-17/h4-10,12-13H,1,11H2,2-3H3/b21-19-. The molecular formula is C19H19N3S. The summed E-state index contributed by atoms with van der Waals surface area (Å²) in [7, 11) is 0. The van der Waals surface area contributed by atoms with E-state index in [1.807, 2.05) is 19.9 Å². The van der Waals surface area contributed by atoms with Crippen molar-refractivity contribution in [3.63, 3.8) is 0 Å². The van der Waals surface area contributed by atoms with Crippen molar-refractivity contribution in [1.82, 2.24) is 4.57 Å². The van der Waals surface area contributed by atoms with Gasteiger partial charge in [0.2, 0.25) is 4.80 Å². The van der Waals surface area contributed by atoms with E-state index in [4.69, 9.17) is 0 Å². The van der Waals surface area contributed by atoms with Crippen LogP contribution < -0.4 is 4.80 Å². The molecule has 0 atom stereocenters. The number of hydrogen-bond donors (Lipinski definition) is 0. The SMILES string of the molecule is C=CCn1c(-c2ccc3ccccc3c2)cs/c1=N\N=C(C)C. The van der Waals surface area contributed by atoms with Crippen LogP contribution in [0, 0.1) is 0 Å². The summed E-state index contributed by atoms with van der Waals surface area (Å²) < 4.78 is 2.15. The second-order valence-electron chi connectivity index (χ2n) is 5.51. The molecular weight excluding hydrogens is 302 g/mol. The molecule has 0 saturated carbocycles. The molecule has 0 N–H and O–H groups in total. The maximum atomic E-state index is 4.35. The number of fused-ring (bicyclic) bond motifs is 1. The average molecular weight is 321 g/mol. The van der Waals surface area contributed by atoms with Crippen LogP contribution in [-0.4, -0.2) is 10.3 Å². The molecule has 23 heavy (non-hydrogen) atoms. The van der Waals surface area contributed by atoms with Gasteiger partial charge in [-0.1, -0.05) is 42.5 Å². The van der Waals surface area contributed by atoms with Crippen molar-refractivity contribution in [2.75, 3.05) is 0 Å². The number of benzene rings is 2. The number of thiazole rings is 1. The summed E-state index contributed by atoms with van der Waals surface area (Å²) in [6.45, 7) is 8.46. The summed E-state index contributed by atoms with van der Waals surface area (Å²) in [6, 6.07) is 14.9. The number of rotatable bonds is 4. The van der Waals surface area contributed by atoms with Crippen LogP contribution in [0.2, 0.25) is 0 Å². The molecule has 3 rings (SSSR count). The van der Waals surface area contributed by atoms with Crippen molar-refractivity contribution in [2.45, 2.75) is 20.4 Å². The van der Waals surface area contributed by atoms with Gasteiger partial charge in [0, 0.05) is 17.6 Å². The van der Waals surface area contributed by atoms with E-state index in [2.05, 4.69) is 69.2 Å². The number of allylic oxidation sites excluding steroid dienone is 1. The molecule has 3 aromatic rings. The highest BCUT2D eigenvalue weighted by atomic mass is 32.1. The molecule has 116 valence electrons. The van der Waals surface area contributed by atoms with Gasteiger partial charge in [-0.05, 0) is 36.2 Å². The van der Waals surface area contributed by atoms with Gasteiger partial charge < -0.3 is 4.57 Å². The minimum Gasteiger partial charge on any atom is -0.311 e. The molecule has 0 amide bonds. The van der Waals surface area contributed by atoms with Gasteiger partial charge in [0.25, 0.3) is 0 Å². The highest BCUT2D eigenvalue weighted by molar-refractivity contribution is 7.07. The van der Waals surface area contributed by atoms with Crippen LogP contribution in [-0.2, 0) is 6.54 Å². The highest BCUT2D eigenvalue weighted by Crippen LogP contribution is 2.25. The highest BCUT2D eigenvalue weighted by Gasteiger charge is 2.07. The predicted molar refractivity (Wildman–Crippen MR) is 99.8 cm³/mol. The smallest absolute Gasteiger partial charge is 0.211 e. The van der Waals surface area contributed by atoms with Gasteiger partial charge >= 0.3 is 0 Å². The van der Waals surface area contributed by atoms with Crippen molar-refractivity contribution in [3.8, 4) is 11.3 Å². The molecule has 1 aromatic heterocycles. The fraction of sp³-hybridized carbons (Fsp3) is 0.158. The third-order valence-electron chi connectivity index (χ3n) is 3.49. The molecule has 0 fully saturated rings. The molecule has 0 aliphatic heterocycles. The van der Waals surface area contributed by atoms with Gasteiger partial charge in [-0.25, -0.2) is 0 Å². The quantitative estimate of drug-likeness (QED) is 0.373. The van der Waals surface area contributed by atoms with Crippen LogP contribution in [0.15, 0.2) is 70.7 Å². The summed E-state index contributed by atoms with van der Waals surface area (Å²) in [4.78, 5) is 0.884. The fourth-order valence-corrected chi connectivity index (χ4v) is 3.31. The Kier molecular flexibility index (Phi) is 4.53. The lowest BCUT2D eigenvalue weighted by atomic mass is 10.1. The third kappa shape index (κ3) is 3.32. The Labute approximate surface area is 140 Å². The van der Waals surface area contributed by atoms with Crippen LogP contribution in [0.1, 0.15) is 13.8 Å². The van der Waals surface area contributed by atoms with E-state index in [1.165, 1.54) is 16.3 Å². The Balaban J connectivity index is 2.16. The van der Waals surface area contributed by atoms with Crippen LogP contribution in [0.5, 0.6) is 0 Å². The van der Waals surface area contributed by atoms with E-state index in [0.29, 0.717) is 6.54 Å². The summed E-state index contributed by atoms with van der Waals surface area (Å²) in [5.74, 6) is 0. The largest absolute Gasteiger partial charge is 0.311 e. The van der Waals surface area contributed by atoms with Gasteiger partial charge in [0.15, 0.2) is 0 Å². The van der Waals surface area contributed by atoms with Crippen molar-refractivity contribution < 1.29 is 0 Å². The fourth-order valence-electron chi connectivity index (χ4n) is 2.44. The Morgan fingerprint density at radius 2 is 1.96 bits per heavy atom. The number of aromatic nitrogens is 1. The van der Waals surface area contributed by atoms with E-state index < -0.39 is 0 Å². The first-order valence-electron chi connectivity index (χ1n) is 7.52. The molecule has 0 radical (unpaired) electrons. The Morgan fingerprint density at radius 1 is 1.17 bits per heavy atom. The van der Waals surface area contributed by atoms with E-state index in [9.17, 15) is 0 Å². The minimum absolute atomic E-state index is 0.711. The zero-order valence-corrected chi connectivity index (χ0v) is 14.2. The van der Waals surface area contributed by atoms with Crippen molar-refractivity contribution >= 4 is 27.8 Å². The average Bonchev–Trinajstić information content (AvgIpc) is 2.95. The Morgan fingerprint density at radius 3 is 2.70 bits per heavy atom. The number of hydrogen-bond acceptors (Lipinski definition) is 3. The van der Waals surface area contributed by atoms with E-state index >= 15 is 0 Å². The zero-order valence-electron chi connectivity index (χ0n) is 13.4. The zero-order chi connectivity index (χ0) is 16.2. The lowest BCUT2D eigenvalue weighted by molar-refractivity contribution is 0.788. The second kappa shape index (κ2) is 6.75. The summed E-state index contributed by atoms with van der Waals surface area (Å²) in [5, 5.41) is 13.2. The van der Waals surface area contributed by atoms with Crippen LogP contribution in [0.3, 0.4) is 0 Å². The lowest BCUT2D eigenvalue weighted by Gasteiger charge is -2.07. The van der Waals surface area contributed by atoms with Gasteiger partial charge in [0.05, 0.1) is 5.69 Å². The van der Waals surface area contributed by atoms with Crippen molar-refractivity contribution in [3.05, 3.63) is 65.3 Å². The number of nitrogens with zero attached hydrogens (tertiary/aromatic N) is 3. The molecule has 0 aliphatic rings. The first kappa shape index (κ1) is 15.4. The third-order valence-corrected chi connectivity index (χ3v) is 4.34. The van der Waals surface area contributed by atoms with Crippen LogP contribution >= 0.6 is 11.3 Å².